The number of rotatable bonds is 4. The van der Waals surface area contributed by atoms with Crippen LogP contribution in [0.2, 0.25) is 0 Å². The third-order valence-corrected chi connectivity index (χ3v) is 4.08. The number of benzene rings is 1. The Balaban J connectivity index is 1.66. The lowest BCUT2D eigenvalue weighted by Gasteiger charge is -2.13. The number of hydrogen-bond acceptors (Lipinski definition) is 6. The van der Waals surface area contributed by atoms with Gasteiger partial charge in [-0.3, -0.25) is 9.36 Å². The number of hydrogen-bond donors (Lipinski definition) is 2. The quantitative estimate of drug-likeness (QED) is 0.762. The van der Waals surface area contributed by atoms with Gasteiger partial charge in [0.25, 0.3) is 5.56 Å². The van der Waals surface area contributed by atoms with Gasteiger partial charge in [0.2, 0.25) is 5.95 Å². The molecule has 0 unspecified atom stereocenters. The lowest BCUT2D eigenvalue weighted by Crippen LogP contribution is -2.15. The summed E-state index contributed by atoms with van der Waals surface area (Å²) >= 11 is 0. The molecule has 4 rings (SSSR count). The first-order chi connectivity index (χ1) is 12.2. The van der Waals surface area contributed by atoms with Gasteiger partial charge in [0.15, 0.2) is 0 Å². The summed E-state index contributed by atoms with van der Waals surface area (Å²) in [6, 6.07) is 10.5. The van der Waals surface area contributed by atoms with Gasteiger partial charge < -0.3 is 15.4 Å². The Morgan fingerprint density at radius 2 is 2.20 bits per heavy atom. The van der Waals surface area contributed by atoms with E-state index in [4.69, 9.17) is 4.74 Å². The Kier molecular flexibility index (Phi) is 3.81. The average Bonchev–Trinajstić information content (AvgIpc) is 3.10. The van der Waals surface area contributed by atoms with Crippen molar-refractivity contribution in [2.24, 2.45) is 0 Å². The van der Waals surface area contributed by atoms with E-state index in [1.165, 1.54) is 6.07 Å². The van der Waals surface area contributed by atoms with Crippen molar-refractivity contribution in [1.82, 2.24) is 14.5 Å². The lowest BCUT2D eigenvalue weighted by atomic mass is 10.2. The molecule has 3 heterocycles. The molecule has 25 heavy (non-hydrogen) atoms. The monoisotopic (exact) mass is 335 g/mol. The van der Waals surface area contributed by atoms with E-state index in [9.17, 15) is 4.79 Å². The maximum absolute atomic E-state index is 12.0. The number of nitrogens with zero attached hydrogens (tertiary/aromatic N) is 3. The predicted octanol–water partition coefficient (Wildman–Crippen LogP) is 2.35. The number of fused-ring (bicyclic) bond motifs is 1. The van der Waals surface area contributed by atoms with E-state index in [0.717, 1.165) is 35.7 Å². The maximum Gasteiger partial charge on any atom is 0.255 e. The van der Waals surface area contributed by atoms with Crippen molar-refractivity contribution < 1.29 is 4.74 Å². The highest BCUT2D eigenvalue weighted by molar-refractivity contribution is 5.66. The number of ether oxygens (including phenoxy) is 1. The van der Waals surface area contributed by atoms with Gasteiger partial charge in [-0.1, -0.05) is 6.07 Å². The minimum absolute atomic E-state index is 0.0988. The zero-order chi connectivity index (χ0) is 17.2. The topological polar surface area (TPSA) is 81.1 Å². The molecule has 0 saturated carbocycles. The highest BCUT2D eigenvalue weighted by Crippen LogP contribution is 2.29. The molecule has 1 aromatic carbocycles. The predicted molar refractivity (Wildman–Crippen MR) is 96.1 cm³/mol. The van der Waals surface area contributed by atoms with Crippen molar-refractivity contribution >= 4 is 17.5 Å². The zero-order valence-electron chi connectivity index (χ0n) is 13.7. The van der Waals surface area contributed by atoms with E-state index in [1.807, 2.05) is 24.4 Å². The van der Waals surface area contributed by atoms with Gasteiger partial charge in [0.1, 0.15) is 11.6 Å². The summed E-state index contributed by atoms with van der Waals surface area (Å²) < 4.78 is 7.02. The van der Waals surface area contributed by atoms with Gasteiger partial charge in [-0.2, -0.15) is 4.98 Å². The van der Waals surface area contributed by atoms with Crippen LogP contribution in [0.4, 0.5) is 17.5 Å². The van der Waals surface area contributed by atoms with Gasteiger partial charge >= 0.3 is 0 Å². The molecular weight excluding hydrogens is 318 g/mol. The molecule has 7 heteroatoms. The third kappa shape index (κ3) is 2.91. The van der Waals surface area contributed by atoms with Gasteiger partial charge in [0, 0.05) is 36.6 Å². The SMILES string of the molecule is COc1cc(-n2ccccc2=O)ccc1Nc1ncc2c(n1)NCC2. The van der Waals surface area contributed by atoms with E-state index in [1.54, 1.807) is 30.0 Å². The fourth-order valence-electron chi connectivity index (χ4n) is 2.81. The Bertz CT molecular complexity index is 983. The van der Waals surface area contributed by atoms with Crippen molar-refractivity contribution in [2.75, 3.05) is 24.3 Å². The van der Waals surface area contributed by atoms with Crippen LogP contribution in [0, 0.1) is 0 Å². The minimum Gasteiger partial charge on any atom is -0.494 e. The van der Waals surface area contributed by atoms with Crippen LogP contribution in [0.1, 0.15) is 5.56 Å². The first kappa shape index (κ1) is 15.2. The summed E-state index contributed by atoms with van der Waals surface area (Å²) in [5.41, 5.74) is 2.48. The fourth-order valence-corrected chi connectivity index (χ4v) is 2.81. The Morgan fingerprint density at radius 3 is 3.04 bits per heavy atom. The van der Waals surface area contributed by atoms with Crippen molar-refractivity contribution in [2.45, 2.75) is 6.42 Å². The first-order valence-corrected chi connectivity index (χ1v) is 7.97. The molecule has 2 N–H and O–H groups in total. The van der Waals surface area contributed by atoms with E-state index in [-0.39, 0.29) is 5.56 Å². The van der Waals surface area contributed by atoms with Crippen LogP contribution in [0.3, 0.4) is 0 Å². The molecule has 0 amide bonds. The molecule has 1 aliphatic rings. The van der Waals surface area contributed by atoms with E-state index in [0.29, 0.717) is 11.7 Å². The third-order valence-electron chi connectivity index (χ3n) is 4.08. The maximum atomic E-state index is 12.0. The summed E-state index contributed by atoms with van der Waals surface area (Å²) in [5, 5.41) is 6.40. The molecule has 1 aliphatic heterocycles. The van der Waals surface area contributed by atoms with Crippen molar-refractivity contribution in [3.05, 3.63) is 64.7 Å². The Hall–Kier alpha value is -3.35. The normalized spacial score (nSPS) is 12.4. The number of nitrogens with one attached hydrogen (secondary N) is 2. The van der Waals surface area contributed by atoms with Crippen LogP contribution in [-0.4, -0.2) is 28.2 Å². The van der Waals surface area contributed by atoms with Crippen molar-refractivity contribution in [3.8, 4) is 11.4 Å². The highest BCUT2D eigenvalue weighted by atomic mass is 16.5. The molecule has 2 aromatic heterocycles. The molecule has 126 valence electrons. The number of methoxy groups -OCH3 is 1. The second-order valence-corrected chi connectivity index (χ2v) is 5.66. The molecule has 7 nitrogen and oxygen atoms in total. The summed E-state index contributed by atoms with van der Waals surface area (Å²) in [6.45, 7) is 0.886. The number of aromatic nitrogens is 3. The number of pyridine rings is 1. The van der Waals surface area contributed by atoms with E-state index < -0.39 is 0 Å². The van der Waals surface area contributed by atoms with Gasteiger partial charge in [-0.05, 0) is 24.6 Å². The Labute approximate surface area is 144 Å². The van der Waals surface area contributed by atoms with Crippen LogP contribution in [0.25, 0.3) is 5.69 Å². The minimum atomic E-state index is -0.0988. The molecule has 0 saturated heterocycles. The van der Waals surface area contributed by atoms with Gasteiger partial charge in [-0.25, -0.2) is 4.98 Å². The van der Waals surface area contributed by atoms with Crippen LogP contribution in [-0.2, 0) is 6.42 Å². The Morgan fingerprint density at radius 1 is 1.28 bits per heavy atom. The van der Waals surface area contributed by atoms with Crippen LogP contribution < -0.4 is 20.9 Å². The molecule has 3 aromatic rings. The summed E-state index contributed by atoms with van der Waals surface area (Å²) in [7, 11) is 1.59. The second-order valence-electron chi connectivity index (χ2n) is 5.66. The molecular formula is C18H17N5O2. The highest BCUT2D eigenvalue weighted by Gasteiger charge is 2.14. The van der Waals surface area contributed by atoms with Crippen molar-refractivity contribution in [1.29, 1.82) is 0 Å². The lowest BCUT2D eigenvalue weighted by molar-refractivity contribution is 0.416. The smallest absolute Gasteiger partial charge is 0.255 e. The molecule has 0 bridgehead atoms. The molecule has 0 fully saturated rings. The molecule has 0 aliphatic carbocycles. The average molecular weight is 335 g/mol. The van der Waals surface area contributed by atoms with Crippen LogP contribution >= 0.6 is 0 Å². The van der Waals surface area contributed by atoms with Crippen molar-refractivity contribution in [3.63, 3.8) is 0 Å². The second kappa shape index (κ2) is 6.27. The molecule has 0 radical (unpaired) electrons. The van der Waals surface area contributed by atoms with Gasteiger partial charge in [-0.15, -0.1) is 0 Å². The van der Waals surface area contributed by atoms with E-state index in [2.05, 4.69) is 20.6 Å². The van der Waals surface area contributed by atoms with Gasteiger partial charge in [0.05, 0.1) is 18.5 Å². The number of anilines is 3. The van der Waals surface area contributed by atoms with Crippen LogP contribution in [0.5, 0.6) is 5.75 Å². The van der Waals surface area contributed by atoms with Crippen LogP contribution in [0.15, 0.2) is 53.6 Å². The largest absolute Gasteiger partial charge is 0.494 e. The summed E-state index contributed by atoms with van der Waals surface area (Å²) in [6.07, 6.45) is 4.49. The first-order valence-electron chi connectivity index (χ1n) is 7.97. The molecule has 0 spiro atoms. The standard InChI is InChI=1S/C18H17N5O2/c1-25-15-10-13(23-9-3-2-4-16(23)24)5-6-14(15)21-18-20-11-12-7-8-19-17(12)22-18/h2-6,9-11H,7-8H2,1H3,(H2,19,20,21,22). The summed E-state index contributed by atoms with van der Waals surface area (Å²) in [4.78, 5) is 20.8. The molecule has 0 atom stereocenters. The zero-order valence-corrected chi connectivity index (χ0v) is 13.7. The van der Waals surface area contributed by atoms with E-state index >= 15 is 0 Å². The fraction of sp³-hybridized carbons (Fsp3) is 0.167. The summed E-state index contributed by atoms with van der Waals surface area (Å²) in [5.74, 6) is 1.96.